The van der Waals surface area contributed by atoms with E-state index >= 15 is 0 Å². The van der Waals surface area contributed by atoms with Gasteiger partial charge in [-0.3, -0.25) is 4.79 Å². The van der Waals surface area contributed by atoms with Crippen molar-refractivity contribution < 1.29 is 22.3 Å². The minimum atomic E-state index is -3.83. The number of nitrogens with zero attached hydrogens (tertiary/aromatic N) is 3. The number of halogens is 2. The molecule has 7 nitrogen and oxygen atoms in total. The van der Waals surface area contributed by atoms with Gasteiger partial charge in [-0.2, -0.15) is 0 Å². The van der Waals surface area contributed by atoms with Crippen molar-refractivity contribution in [2.24, 2.45) is 0 Å². The molecule has 0 aliphatic heterocycles. The van der Waals surface area contributed by atoms with Crippen molar-refractivity contribution in [3.63, 3.8) is 0 Å². The number of aromatic nitrogens is 2. The van der Waals surface area contributed by atoms with Crippen LogP contribution in [0.15, 0.2) is 59.9 Å². The van der Waals surface area contributed by atoms with Crippen LogP contribution < -0.4 is 0 Å². The number of ether oxygens (including phenoxy) is 1. The van der Waals surface area contributed by atoms with E-state index in [1.165, 1.54) is 30.5 Å². The average molecular weight is 508 g/mol. The molecular formula is C24H27ClFN3O4S. The van der Waals surface area contributed by atoms with Crippen LogP contribution in [-0.2, 0) is 26.9 Å². The first-order chi connectivity index (χ1) is 16.1. The zero-order valence-corrected chi connectivity index (χ0v) is 20.8. The van der Waals surface area contributed by atoms with Gasteiger partial charge in [0.15, 0.2) is 0 Å². The summed E-state index contributed by atoms with van der Waals surface area (Å²) in [6.45, 7) is 4.42. The molecule has 1 aromatic heterocycles. The van der Waals surface area contributed by atoms with Crippen LogP contribution in [-0.4, -0.2) is 49.0 Å². The largest absolute Gasteiger partial charge is 0.383 e. The lowest BCUT2D eigenvalue weighted by Gasteiger charge is -2.24. The summed E-state index contributed by atoms with van der Waals surface area (Å²) >= 11 is 6.06. The summed E-state index contributed by atoms with van der Waals surface area (Å²) in [4.78, 5) is 19.0. The first-order valence-electron chi connectivity index (χ1n) is 10.7. The number of sulfone groups is 1. The second-order valence-electron chi connectivity index (χ2n) is 8.11. The van der Waals surface area contributed by atoms with E-state index in [-0.39, 0.29) is 29.4 Å². The molecule has 0 aliphatic carbocycles. The molecule has 0 spiro atoms. The number of imidazole rings is 1. The van der Waals surface area contributed by atoms with Gasteiger partial charge in [-0.15, -0.1) is 0 Å². The number of methoxy groups -OCH3 is 1. The first-order valence-corrected chi connectivity index (χ1v) is 12.7. The van der Waals surface area contributed by atoms with Crippen LogP contribution in [0.5, 0.6) is 0 Å². The monoisotopic (exact) mass is 507 g/mol. The summed E-state index contributed by atoms with van der Waals surface area (Å²) in [5.41, 5.74) is 1.45. The highest BCUT2D eigenvalue weighted by Crippen LogP contribution is 2.23. The summed E-state index contributed by atoms with van der Waals surface area (Å²) in [5, 5.41) is 0.350. The van der Waals surface area contributed by atoms with Gasteiger partial charge in [0.2, 0.25) is 15.0 Å². The molecule has 0 atom stereocenters. The highest BCUT2D eigenvalue weighted by Gasteiger charge is 2.27. The smallest absolute Gasteiger partial charge is 0.254 e. The lowest BCUT2D eigenvalue weighted by molar-refractivity contribution is 0.0674. The Morgan fingerprint density at radius 3 is 2.53 bits per heavy atom. The molecule has 0 bridgehead atoms. The second-order valence-corrected chi connectivity index (χ2v) is 10.4. The Morgan fingerprint density at radius 2 is 1.91 bits per heavy atom. The fourth-order valence-electron chi connectivity index (χ4n) is 3.59. The third-order valence-corrected chi connectivity index (χ3v) is 6.99. The molecule has 0 fully saturated rings. The quantitative estimate of drug-likeness (QED) is 0.403. The van der Waals surface area contributed by atoms with Gasteiger partial charge >= 0.3 is 0 Å². The summed E-state index contributed by atoms with van der Waals surface area (Å²) in [6, 6.07) is 11.7. The molecule has 2 aromatic carbocycles. The summed E-state index contributed by atoms with van der Waals surface area (Å²) in [7, 11) is -2.29. The first kappa shape index (κ1) is 25.9. The Balaban J connectivity index is 1.93. The van der Waals surface area contributed by atoms with E-state index in [1.807, 2.05) is 13.8 Å². The molecule has 0 radical (unpaired) electrons. The second kappa shape index (κ2) is 11.1. The summed E-state index contributed by atoms with van der Waals surface area (Å²) in [6.07, 6.45) is 1.47. The molecule has 0 N–H and O–H groups in total. The maximum absolute atomic E-state index is 13.2. The summed E-state index contributed by atoms with van der Waals surface area (Å²) in [5.74, 6) is -1.01. The molecule has 3 rings (SSSR count). The molecule has 0 saturated carbocycles. The summed E-state index contributed by atoms with van der Waals surface area (Å²) < 4.78 is 46.4. The molecule has 0 unspecified atom stereocenters. The van der Waals surface area contributed by atoms with E-state index in [9.17, 15) is 17.6 Å². The minimum absolute atomic E-state index is 0.0938. The van der Waals surface area contributed by atoms with Crippen LogP contribution >= 0.6 is 11.6 Å². The number of hydrogen-bond donors (Lipinski definition) is 0. The maximum atomic E-state index is 13.2. The fraction of sp³-hybridized carbons (Fsp3) is 0.333. The fourth-order valence-corrected chi connectivity index (χ4v) is 5.39. The van der Waals surface area contributed by atoms with E-state index in [1.54, 1.807) is 40.8 Å². The Bertz CT molecular complexity index is 1240. The third kappa shape index (κ3) is 6.22. The number of rotatable bonds is 10. The molecular weight excluding hydrogens is 481 g/mol. The molecule has 182 valence electrons. The topological polar surface area (TPSA) is 81.5 Å². The van der Waals surface area contributed by atoms with Gasteiger partial charge in [-0.1, -0.05) is 29.8 Å². The molecule has 1 amide bonds. The normalized spacial score (nSPS) is 11.7. The van der Waals surface area contributed by atoms with Crippen molar-refractivity contribution in [1.82, 2.24) is 14.5 Å². The standard InChI is InChI=1S/C24H27ClFN3O4S/c1-17(2)29-22(14-27-24(29)34(31,32)16-18-7-9-21(26)10-8-18)15-28(11-12-33-3)23(30)19-5-4-6-20(25)13-19/h4-10,13-14,17H,11-12,15-16H2,1-3H3. The van der Waals surface area contributed by atoms with Gasteiger partial charge in [0.25, 0.3) is 5.91 Å². The number of hydrogen-bond acceptors (Lipinski definition) is 5. The van der Waals surface area contributed by atoms with E-state index < -0.39 is 15.7 Å². The Hall–Kier alpha value is -2.75. The zero-order valence-electron chi connectivity index (χ0n) is 19.2. The van der Waals surface area contributed by atoms with Crippen LogP contribution in [0.4, 0.5) is 4.39 Å². The van der Waals surface area contributed by atoms with Crippen LogP contribution in [0, 0.1) is 5.82 Å². The number of carbonyl (C=O) groups is 1. The van der Waals surface area contributed by atoms with Gasteiger partial charge in [-0.05, 0) is 49.7 Å². The van der Waals surface area contributed by atoms with Crippen LogP contribution in [0.25, 0.3) is 0 Å². The Labute approximate surface area is 204 Å². The molecule has 0 saturated heterocycles. The van der Waals surface area contributed by atoms with E-state index in [2.05, 4.69) is 4.98 Å². The Kier molecular flexibility index (Phi) is 8.46. The van der Waals surface area contributed by atoms with Gasteiger partial charge in [0, 0.05) is 30.3 Å². The molecule has 1 heterocycles. The Morgan fingerprint density at radius 1 is 1.21 bits per heavy atom. The van der Waals surface area contributed by atoms with Gasteiger partial charge < -0.3 is 14.2 Å². The minimum Gasteiger partial charge on any atom is -0.383 e. The van der Waals surface area contributed by atoms with E-state index in [0.717, 1.165) is 0 Å². The highest BCUT2D eigenvalue weighted by molar-refractivity contribution is 7.90. The van der Waals surface area contributed by atoms with Gasteiger partial charge in [0.1, 0.15) is 5.82 Å². The van der Waals surface area contributed by atoms with Gasteiger partial charge in [-0.25, -0.2) is 17.8 Å². The zero-order chi connectivity index (χ0) is 24.9. The van der Waals surface area contributed by atoms with Gasteiger partial charge in [0.05, 0.1) is 30.8 Å². The van der Waals surface area contributed by atoms with Crippen molar-refractivity contribution in [3.8, 4) is 0 Å². The van der Waals surface area contributed by atoms with Crippen molar-refractivity contribution in [2.75, 3.05) is 20.3 Å². The predicted molar refractivity (Wildman–Crippen MR) is 128 cm³/mol. The third-order valence-electron chi connectivity index (χ3n) is 5.18. The van der Waals surface area contributed by atoms with Crippen LogP contribution in [0.3, 0.4) is 0 Å². The van der Waals surface area contributed by atoms with Crippen molar-refractivity contribution in [1.29, 1.82) is 0 Å². The molecule has 3 aromatic rings. The van der Waals surface area contributed by atoms with Crippen molar-refractivity contribution in [2.45, 2.75) is 37.3 Å². The SMILES string of the molecule is COCCN(Cc1cnc(S(=O)(=O)Cc2ccc(F)cc2)n1C(C)C)C(=O)c1cccc(Cl)c1. The van der Waals surface area contributed by atoms with E-state index in [4.69, 9.17) is 16.3 Å². The molecule has 10 heteroatoms. The number of amides is 1. The lowest BCUT2D eigenvalue weighted by atomic mass is 10.2. The number of carbonyl (C=O) groups excluding carboxylic acids is 1. The van der Waals surface area contributed by atoms with Crippen molar-refractivity contribution >= 4 is 27.3 Å². The average Bonchev–Trinajstić information content (AvgIpc) is 3.22. The molecule has 34 heavy (non-hydrogen) atoms. The maximum Gasteiger partial charge on any atom is 0.254 e. The van der Waals surface area contributed by atoms with Crippen LogP contribution in [0.2, 0.25) is 5.02 Å². The lowest BCUT2D eigenvalue weighted by Crippen LogP contribution is -2.34. The van der Waals surface area contributed by atoms with E-state index in [0.29, 0.717) is 35.0 Å². The van der Waals surface area contributed by atoms with Crippen LogP contribution in [0.1, 0.15) is 41.5 Å². The van der Waals surface area contributed by atoms with Crippen molar-refractivity contribution in [3.05, 3.63) is 82.4 Å². The molecule has 0 aliphatic rings. The number of benzene rings is 2. The highest BCUT2D eigenvalue weighted by atomic mass is 35.5. The predicted octanol–water partition coefficient (Wildman–Crippen LogP) is 4.52.